The zero-order valence-electron chi connectivity index (χ0n) is 13.0. The van der Waals surface area contributed by atoms with Gasteiger partial charge in [-0.25, -0.2) is 0 Å². The van der Waals surface area contributed by atoms with Crippen LogP contribution in [0.2, 0.25) is 0 Å². The van der Waals surface area contributed by atoms with Crippen LogP contribution in [0.25, 0.3) is 0 Å². The molecule has 0 bridgehead atoms. The monoisotopic (exact) mass is 307 g/mol. The molecule has 1 N–H and O–H groups in total. The molecule has 0 unspecified atom stereocenters. The van der Waals surface area contributed by atoms with Gasteiger partial charge < -0.3 is 19.5 Å². The number of ether oxygens (including phenoxy) is 3. The Morgan fingerprint density at radius 1 is 1.18 bits per heavy atom. The lowest BCUT2D eigenvalue weighted by Crippen LogP contribution is -2.37. The van der Waals surface area contributed by atoms with Crippen molar-refractivity contribution in [1.82, 2.24) is 5.32 Å². The van der Waals surface area contributed by atoms with Crippen LogP contribution in [-0.4, -0.2) is 45.9 Å². The summed E-state index contributed by atoms with van der Waals surface area (Å²) in [6.07, 6.45) is 0.145. The second-order valence-electron chi connectivity index (χ2n) is 5.20. The van der Waals surface area contributed by atoms with E-state index in [1.165, 1.54) is 14.2 Å². The number of rotatable bonds is 5. The highest BCUT2D eigenvalue weighted by molar-refractivity contribution is 5.79. The van der Waals surface area contributed by atoms with E-state index in [1.807, 2.05) is 24.3 Å². The summed E-state index contributed by atoms with van der Waals surface area (Å²) in [6, 6.07) is 7.10. The van der Waals surface area contributed by atoms with E-state index in [1.54, 1.807) is 7.11 Å². The number of benzene rings is 1. The van der Waals surface area contributed by atoms with Gasteiger partial charge in [0, 0.05) is 18.4 Å². The molecule has 0 radical (unpaired) electrons. The maximum Gasteiger partial charge on any atom is 0.323 e. The Morgan fingerprint density at radius 2 is 1.91 bits per heavy atom. The molecule has 1 fully saturated rings. The molecular formula is C16H21NO5. The molecule has 6 nitrogen and oxygen atoms in total. The fraction of sp³-hybridized carbons (Fsp3) is 0.500. The smallest absolute Gasteiger partial charge is 0.323 e. The molecule has 22 heavy (non-hydrogen) atoms. The molecule has 0 amide bonds. The average Bonchev–Trinajstić information content (AvgIpc) is 2.97. The van der Waals surface area contributed by atoms with Crippen LogP contribution in [0.15, 0.2) is 24.3 Å². The normalized spacial score (nSPS) is 23.9. The molecule has 6 heteroatoms. The second kappa shape index (κ2) is 7.26. The molecule has 0 aliphatic carbocycles. The molecule has 0 aromatic heterocycles. The zero-order valence-corrected chi connectivity index (χ0v) is 13.0. The van der Waals surface area contributed by atoms with Crippen molar-refractivity contribution in [1.29, 1.82) is 0 Å². The minimum Gasteiger partial charge on any atom is -0.496 e. The minimum atomic E-state index is -0.529. The van der Waals surface area contributed by atoms with Gasteiger partial charge in [0.25, 0.3) is 0 Å². The molecule has 2 rings (SSSR count). The number of carbonyl (C=O) groups is 2. The number of hydrogen-bond acceptors (Lipinski definition) is 6. The summed E-state index contributed by atoms with van der Waals surface area (Å²) >= 11 is 0. The summed E-state index contributed by atoms with van der Waals surface area (Å²) < 4.78 is 15.0. The van der Waals surface area contributed by atoms with Crippen molar-refractivity contribution in [3.8, 4) is 5.75 Å². The molecule has 1 heterocycles. The minimum absolute atomic E-state index is 0.0284. The number of hydrogen-bond donors (Lipinski definition) is 1. The Labute approximate surface area is 129 Å². The highest BCUT2D eigenvalue weighted by atomic mass is 16.5. The van der Waals surface area contributed by atoms with Crippen LogP contribution in [0.1, 0.15) is 17.9 Å². The van der Waals surface area contributed by atoms with Crippen molar-refractivity contribution in [2.45, 2.75) is 18.4 Å². The van der Waals surface area contributed by atoms with E-state index < -0.39 is 6.04 Å². The third-order valence-electron chi connectivity index (χ3n) is 4.13. The van der Waals surface area contributed by atoms with Gasteiger partial charge in [-0.15, -0.1) is 0 Å². The maximum atomic E-state index is 12.0. The van der Waals surface area contributed by atoms with Crippen molar-refractivity contribution >= 4 is 11.9 Å². The van der Waals surface area contributed by atoms with E-state index in [-0.39, 0.29) is 30.2 Å². The Hall–Kier alpha value is -2.08. The quantitative estimate of drug-likeness (QED) is 0.821. The maximum absolute atomic E-state index is 12.0. The number of methoxy groups -OCH3 is 3. The van der Waals surface area contributed by atoms with Crippen LogP contribution in [0.5, 0.6) is 5.75 Å². The number of para-hydroxylation sites is 1. The molecule has 120 valence electrons. The molecule has 3 atom stereocenters. The van der Waals surface area contributed by atoms with Gasteiger partial charge in [0.2, 0.25) is 0 Å². The summed E-state index contributed by atoms with van der Waals surface area (Å²) in [5.74, 6) is -0.237. The Bertz CT molecular complexity index is 545. The highest BCUT2D eigenvalue weighted by Crippen LogP contribution is 2.39. The Balaban J connectivity index is 2.32. The third-order valence-corrected chi connectivity index (χ3v) is 4.13. The second-order valence-corrected chi connectivity index (χ2v) is 5.20. The first-order valence-electron chi connectivity index (χ1n) is 7.13. The number of nitrogens with one attached hydrogen (secondary N) is 1. The SMILES string of the molecule is COC(=O)C[C@@H]1[C@@H](C(=O)OC)NC[C@@H]1c1ccccc1OC. The summed E-state index contributed by atoms with van der Waals surface area (Å²) in [4.78, 5) is 23.7. The predicted octanol–water partition coefficient (Wildman–Crippen LogP) is 1.10. The summed E-state index contributed by atoms with van der Waals surface area (Å²) in [5.41, 5.74) is 0.970. The number of esters is 2. The first-order valence-corrected chi connectivity index (χ1v) is 7.13. The summed E-state index contributed by atoms with van der Waals surface area (Å²) in [6.45, 7) is 0.571. The third kappa shape index (κ3) is 3.22. The van der Waals surface area contributed by atoms with Crippen LogP contribution in [-0.2, 0) is 19.1 Å². The Kier molecular flexibility index (Phi) is 5.38. The molecule has 1 aromatic carbocycles. The van der Waals surface area contributed by atoms with Gasteiger partial charge in [-0.05, 0) is 11.6 Å². The molecule has 1 aliphatic rings. The van der Waals surface area contributed by atoms with E-state index in [2.05, 4.69) is 5.32 Å². The van der Waals surface area contributed by atoms with Crippen LogP contribution in [0.3, 0.4) is 0 Å². The van der Waals surface area contributed by atoms with Gasteiger partial charge in [0.15, 0.2) is 0 Å². The molecular weight excluding hydrogens is 286 g/mol. The molecule has 1 aliphatic heterocycles. The van der Waals surface area contributed by atoms with Crippen molar-refractivity contribution in [2.75, 3.05) is 27.9 Å². The Morgan fingerprint density at radius 3 is 2.55 bits per heavy atom. The highest BCUT2D eigenvalue weighted by Gasteiger charge is 2.43. The van der Waals surface area contributed by atoms with Crippen molar-refractivity contribution in [2.24, 2.45) is 5.92 Å². The van der Waals surface area contributed by atoms with Crippen LogP contribution in [0.4, 0.5) is 0 Å². The van der Waals surface area contributed by atoms with Gasteiger partial charge in [-0.3, -0.25) is 9.59 Å². The van der Waals surface area contributed by atoms with Gasteiger partial charge in [0.05, 0.1) is 27.8 Å². The summed E-state index contributed by atoms with van der Waals surface area (Å²) in [5, 5.41) is 3.15. The lowest BCUT2D eigenvalue weighted by Gasteiger charge is -2.23. The first-order chi connectivity index (χ1) is 10.6. The number of carbonyl (C=O) groups excluding carboxylic acids is 2. The van der Waals surface area contributed by atoms with Gasteiger partial charge in [-0.2, -0.15) is 0 Å². The zero-order chi connectivity index (χ0) is 16.1. The lowest BCUT2D eigenvalue weighted by atomic mass is 9.82. The van der Waals surface area contributed by atoms with E-state index in [0.717, 1.165) is 11.3 Å². The molecule has 0 saturated carbocycles. The van der Waals surface area contributed by atoms with Crippen molar-refractivity contribution in [3.05, 3.63) is 29.8 Å². The first kappa shape index (κ1) is 16.3. The van der Waals surface area contributed by atoms with E-state index >= 15 is 0 Å². The van der Waals surface area contributed by atoms with Gasteiger partial charge in [0.1, 0.15) is 11.8 Å². The molecule has 1 saturated heterocycles. The average molecular weight is 307 g/mol. The topological polar surface area (TPSA) is 73.9 Å². The van der Waals surface area contributed by atoms with E-state index in [0.29, 0.717) is 6.54 Å². The fourth-order valence-corrected chi connectivity index (χ4v) is 3.02. The van der Waals surface area contributed by atoms with Crippen molar-refractivity contribution in [3.63, 3.8) is 0 Å². The predicted molar refractivity (Wildman–Crippen MR) is 79.7 cm³/mol. The largest absolute Gasteiger partial charge is 0.496 e. The molecule has 0 spiro atoms. The van der Waals surface area contributed by atoms with Crippen molar-refractivity contribution < 1.29 is 23.8 Å². The fourth-order valence-electron chi connectivity index (χ4n) is 3.02. The van der Waals surface area contributed by atoms with Crippen LogP contribution >= 0.6 is 0 Å². The van der Waals surface area contributed by atoms with Crippen LogP contribution in [0, 0.1) is 5.92 Å². The lowest BCUT2D eigenvalue weighted by molar-refractivity contribution is -0.145. The molecule has 1 aromatic rings. The summed E-state index contributed by atoms with van der Waals surface area (Å²) in [7, 11) is 4.29. The standard InChI is InChI=1S/C16H21NO5/c1-20-13-7-5-4-6-10(13)12-9-17-15(16(19)22-3)11(12)8-14(18)21-2/h4-7,11-12,15,17H,8-9H2,1-3H3/t11-,12+,15-/m0/s1. The van der Waals surface area contributed by atoms with E-state index in [9.17, 15) is 9.59 Å². The van der Waals surface area contributed by atoms with Gasteiger partial charge >= 0.3 is 11.9 Å². The van der Waals surface area contributed by atoms with E-state index in [4.69, 9.17) is 14.2 Å². The van der Waals surface area contributed by atoms with Gasteiger partial charge in [-0.1, -0.05) is 18.2 Å². The van der Waals surface area contributed by atoms with Crippen LogP contribution < -0.4 is 10.1 Å².